The lowest BCUT2D eigenvalue weighted by Gasteiger charge is -2.16. The highest BCUT2D eigenvalue weighted by atomic mass is 16.1. The minimum atomic E-state index is 0.136. The van der Waals surface area contributed by atoms with E-state index in [0.29, 0.717) is 5.69 Å². The summed E-state index contributed by atoms with van der Waals surface area (Å²) >= 11 is 0. The fraction of sp³-hybridized carbons (Fsp3) is 0.562. The number of aryl methyl sites for hydroxylation is 2. The molecule has 3 N–H and O–H groups in total. The zero-order valence-electron chi connectivity index (χ0n) is 12.0. The van der Waals surface area contributed by atoms with Crippen LogP contribution < -0.4 is 11.1 Å². The maximum absolute atomic E-state index is 12.3. The van der Waals surface area contributed by atoms with Gasteiger partial charge in [-0.3, -0.25) is 4.79 Å². The number of nitrogens with one attached hydrogen (secondary N) is 1. The smallest absolute Gasteiger partial charge is 0.227 e. The molecule has 1 aromatic carbocycles. The van der Waals surface area contributed by atoms with E-state index in [1.54, 1.807) is 0 Å². The fourth-order valence-corrected chi connectivity index (χ4v) is 2.72. The second kappa shape index (κ2) is 6.09. The Morgan fingerprint density at radius 3 is 2.32 bits per heavy atom. The van der Waals surface area contributed by atoms with Gasteiger partial charge in [-0.25, -0.2) is 0 Å². The summed E-state index contributed by atoms with van der Waals surface area (Å²) in [6.45, 7) is 4.07. The van der Waals surface area contributed by atoms with Crippen molar-refractivity contribution in [2.75, 3.05) is 11.1 Å². The van der Waals surface area contributed by atoms with Gasteiger partial charge in [-0.1, -0.05) is 25.7 Å². The van der Waals surface area contributed by atoms with Gasteiger partial charge >= 0.3 is 0 Å². The summed E-state index contributed by atoms with van der Waals surface area (Å²) in [5.41, 5.74) is 9.72. The molecule has 0 aromatic heterocycles. The minimum absolute atomic E-state index is 0.136. The summed E-state index contributed by atoms with van der Waals surface area (Å²) in [6.07, 6.45) is 6.87. The summed E-state index contributed by atoms with van der Waals surface area (Å²) in [6, 6.07) is 3.90. The van der Waals surface area contributed by atoms with Gasteiger partial charge in [0.25, 0.3) is 0 Å². The van der Waals surface area contributed by atoms with Crippen molar-refractivity contribution >= 4 is 17.3 Å². The molecule has 1 aliphatic carbocycles. The Bertz CT molecular complexity index is 460. The zero-order valence-corrected chi connectivity index (χ0v) is 12.0. The third-order valence-electron chi connectivity index (χ3n) is 4.15. The number of anilines is 2. The minimum Gasteiger partial charge on any atom is -0.397 e. The van der Waals surface area contributed by atoms with Crippen molar-refractivity contribution < 1.29 is 4.79 Å². The molecule has 0 unspecified atom stereocenters. The van der Waals surface area contributed by atoms with Crippen LogP contribution in [0.4, 0.5) is 11.4 Å². The number of carbonyl (C=O) groups excluding carboxylic acids is 1. The molecule has 3 nitrogen and oxygen atoms in total. The van der Waals surface area contributed by atoms with Crippen molar-refractivity contribution in [3.63, 3.8) is 0 Å². The van der Waals surface area contributed by atoms with Gasteiger partial charge in [0.2, 0.25) is 5.91 Å². The quantitative estimate of drug-likeness (QED) is 0.628. The average molecular weight is 260 g/mol. The number of benzene rings is 1. The molecule has 1 aromatic rings. The standard InChI is InChI=1S/C16H24N2O/c1-11-9-14(17)15(10-12(11)2)18-16(19)13-7-5-3-4-6-8-13/h9-10,13H,3-8,17H2,1-2H3,(H,18,19). The SMILES string of the molecule is Cc1cc(N)c(NC(=O)C2CCCCCC2)cc1C. The first kappa shape index (κ1) is 13.9. The van der Waals surface area contributed by atoms with E-state index in [-0.39, 0.29) is 11.8 Å². The number of nitrogens with two attached hydrogens (primary N) is 1. The van der Waals surface area contributed by atoms with Gasteiger partial charge in [0.15, 0.2) is 0 Å². The summed E-state index contributed by atoms with van der Waals surface area (Å²) in [5.74, 6) is 0.292. The lowest BCUT2D eigenvalue weighted by Crippen LogP contribution is -2.23. The van der Waals surface area contributed by atoms with E-state index in [1.807, 2.05) is 26.0 Å². The maximum Gasteiger partial charge on any atom is 0.227 e. The van der Waals surface area contributed by atoms with Gasteiger partial charge in [-0.05, 0) is 49.9 Å². The van der Waals surface area contributed by atoms with Crippen LogP contribution in [-0.4, -0.2) is 5.91 Å². The molecule has 0 saturated heterocycles. The van der Waals surface area contributed by atoms with Crippen molar-refractivity contribution in [2.45, 2.75) is 52.4 Å². The molecule has 1 amide bonds. The third-order valence-corrected chi connectivity index (χ3v) is 4.15. The molecular formula is C16H24N2O. The number of rotatable bonds is 2. The predicted octanol–water partition coefficient (Wildman–Crippen LogP) is 3.79. The van der Waals surface area contributed by atoms with E-state index < -0.39 is 0 Å². The topological polar surface area (TPSA) is 55.1 Å². The Hall–Kier alpha value is -1.51. The van der Waals surface area contributed by atoms with Crippen LogP contribution in [0, 0.1) is 19.8 Å². The van der Waals surface area contributed by atoms with Crippen LogP contribution >= 0.6 is 0 Å². The Morgan fingerprint density at radius 2 is 1.68 bits per heavy atom. The first-order valence-electron chi connectivity index (χ1n) is 7.25. The molecule has 1 aliphatic rings. The van der Waals surface area contributed by atoms with E-state index >= 15 is 0 Å². The second-order valence-electron chi connectivity index (χ2n) is 5.70. The van der Waals surface area contributed by atoms with E-state index in [1.165, 1.54) is 25.7 Å². The van der Waals surface area contributed by atoms with Crippen LogP contribution in [0.3, 0.4) is 0 Å². The molecule has 19 heavy (non-hydrogen) atoms. The number of amides is 1. The monoisotopic (exact) mass is 260 g/mol. The second-order valence-corrected chi connectivity index (χ2v) is 5.70. The molecular weight excluding hydrogens is 236 g/mol. The van der Waals surface area contributed by atoms with Crippen molar-refractivity contribution in [1.29, 1.82) is 0 Å². The van der Waals surface area contributed by atoms with Crippen LogP contribution in [0.15, 0.2) is 12.1 Å². The van der Waals surface area contributed by atoms with E-state index in [9.17, 15) is 4.79 Å². The lowest BCUT2D eigenvalue weighted by atomic mass is 9.99. The van der Waals surface area contributed by atoms with Crippen LogP contribution in [-0.2, 0) is 4.79 Å². The average Bonchev–Trinajstić information content (AvgIpc) is 2.64. The zero-order chi connectivity index (χ0) is 13.8. The first-order chi connectivity index (χ1) is 9.08. The highest BCUT2D eigenvalue weighted by molar-refractivity contribution is 5.95. The molecule has 0 spiro atoms. The molecule has 1 saturated carbocycles. The molecule has 0 atom stereocenters. The van der Waals surface area contributed by atoms with Crippen molar-refractivity contribution in [3.8, 4) is 0 Å². The molecule has 0 bridgehead atoms. The first-order valence-corrected chi connectivity index (χ1v) is 7.25. The summed E-state index contributed by atoms with van der Waals surface area (Å²) in [7, 11) is 0. The van der Waals surface area contributed by atoms with Crippen LogP contribution in [0.25, 0.3) is 0 Å². The Balaban J connectivity index is 2.07. The van der Waals surface area contributed by atoms with Gasteiger partial charge in [0.1, 0.15) is 0 Å². The highest BCUT2D eigenvalue weighted by Gasteiger charge is 2.20. The van der Waals surface area contributed by atoms with Crippen LogP contribution in [0.1, 0.15) is 49.7 Å². The number of nitrogen functional groups attached to an aromatic ring is 1. The molecule has 0 heterocycles. The predicted molar refractivity (Wildman–Crippen MR) is 80.2 cm³/mol. The molecule has 1 fully saturated rings. The Kier molecular flexibility index (Phi) is 4.46. The van der Waals surface area contributed by atoms with Crippen LogP contribution in [0.2, 0.25) is 0 Å². The van der Waals surface area contributed by atoms with E-state index in [0.717, 1.165) is 29.7 Å². The van der Waals surface area contributed by atoms with Crippen molar-refractivity contribution in [1.82, 2.24) is 0 Å². The molecule has 0 radical (unpaired) electrons. The third kappa shape index (κ3) is 3.49. The Labute approximate surface area is 115 Å². The normalized spacial score (nSPS) is 16.9. The molecule has 104 valence electrons. The number of carbonyl (C=O) groups is 1. The Morgan fingerprint density at radius 1 is 1.11 bits per heavy atom. The van der Waals surface area contributed by atoms with Gasteiger partial charge < -0.3 is 11.1 Å². The van der Waals surface area contributed by atoms with Crippen molar-refractivity contribution in [3.05, 3.63) is 23.3 Å². The highest BCUT2D eigenvalue weighted by Crippen LogP contribution is 2.27. The fourth-order valence-electron chi connectivity index (χ4n) is 2.72. The van der Waals surface area contributed by atoms with Gasteiger partial charge in [0, 0.05) is 5.92 Å². The number of hydrogen-bond acceptors (Lipinski definition) is 2. The van der Waals surface area contributed by atoms with Crippen LogP contribution in [0.5, 0.6) is 0 Å². The maximum atomic E-state index is 12.3. The van der Waals surface area contributed by atoms with E-state index in [4.69, 9.17) is 5.73 Å². The molecule has 2 rings (SSSR count). The summed E-state index contributed by atoms with van der Waals surface area (Å²) in [4.78, 5) is 12.3. The van der Waals surface area contributed by atoms with Gasteiger partial charge in [-0.15, -0.1) is 0 Å². The van der Waals surface area contributed by atoms with Gasteiger partial charge in [0.05, 0.1) is 11.4 Å². The lowest BCUT2D eigenvalue weighted by molar-refractivity contribution is -0.120. The summed E-state index contributed by atoms with van der Waals surface area (Å²) < 4.78 is 0. The summed E-state index contributed by atoms with van der Waals surface area (Å²) in [5, 5.41) is 3.01. The van der Waals surface area contributed by atoms with E-state index in [2.05, 4.69) is 5.32 Å². The van der Waals surface area contributed by atoms with Gasteiger partial charge in [-0.2, -0.15) is 0 Å². The number of hydrogen-bond donors (Lipinski definition) is 2. The molecule has 0 aliphatic heterocycles. The van der Waals surface area contributed by atoms with Crippen molar-refractivity contribution in [2.24, 2.45) is 5.92 Å². The molecule has 3 heteroatoms. The largest absolute Gasteiger partial charge is 0.397 e.